The fraction of sp³-hybridized carbons (Fsp3) is 0.400. The molecule has 9 heavy (non-hydrogen) atoms. The highest BCUT2D eigenvalue weighted by atomic mass is 35.5. The van der Waals surface area contributed by atoms with E-state index in [0.29, 0.717) is 10.7 Å². The molecule has 1 aromatic heterocycles. The van der Waals surface area contributed by atoms with Crippen LogP contribution < -0.4 is 0 Å². The molecule has 0 spiro atoms. The number of halogens is 1. The van der Waals surface area contributed by atoms with Crippen molar-refractivity contribution in [3.05, 3.63) is 16.9 Å². The molecule has 1 rings (SSSR count). The van der Waals surface area contributed by atoms with Gasteiger partial charge in [-0.3, -0.25) is 5.10 Å². The lowest BCUT2D eigenvalue weighted by Crippen LogP contribution is -1.91. The fourth-order valence-corrected chi connectivity index (χ4v) is 0.823. The van der Waals surface area contributed by atoms with Crippen LogP contribution in [0.1, 0.15) is 18.7 Å². The van der Waals surface area contributed by atoms with Gasteiger partial charge in [-0.05, 0) is 6.92 Å². The van der Waals surface area contributed by atoms with E-state index in [1.807, 2.05) is 0 Å². The third kappa shape index (κ3) is 1.23. The first kappa shape index (κ1) is 6.58. The van der Waals surface area contributed by atoms with Crippen molar-refractivity contribution in [3.63, 3.8) is 0 Å². The van der Waals surface area contributed by atoms with Gasteiger partial charge in [-0.1, -0.05) is 11.6 Å². The lowest BCUT2D eigenvalue weighted by Gasteiger charge is -1.97. The van der Waals surface area contributed by atoms with E-state index in [0.717, 1.165) is 0 Å². The van der Waals surface area contributed by atoms with Crippen molar-refractivity contribution in [3.8, 4) is 0 Å². The first-order valence-corrected chi connectivity index (χ1v) is 2.96. The van der Waals surface area contributed by atoms with Crippen molar-refractivity contribution < 1.29 is 5.11 Å². The maximum atomic E-state index is 8.94. The maximum Gasteiger partial charge on any atom is 0.0941 e. The molecule has 0 saturated heterocycles. The minimum Gasteiger partial charge on any atom is -0.387 e. The van der Waals surface area contributed by atoms with Crippen molar-refractivity contribution in [1.29, 1.82) is 0 Å². The number of hydrogen-bond acceptors (Lipinski definition) is 2. The number of aromatic amines is 1. The van der Waals surface area contributed by atoms with Gasteiger partial charge in [-0.25, -0.2) is 0 Å². The Bertz CT molecular complexity index is 197. The van der Waals surface area contributed by atoms with Crippen LogP contribution in [0.15, 0.2) is 6.20 Å². The fourth-order valence-electron chi connectivity index (χ4n) is 0.574. The second-order valence-electron chi connectivity index (χ2n) is 1.81. The van der Waals surface area contributed by atoms with Crippen LogP contribution in [-0.4, -0.2) is 15.3 Å². The summed E-state index contributed by atoms with van der Waals surface area (Å²) in [6.07, 6.45) is 0.892. The Morgan fingerprint density at radius 3 is 2.78 bits per heavy atom. The van der Waals surface area contributed by atoms with Gasteiger partial charge in [0, 0.05) is 0 Å². The van der Waals surface area contributed by atoms with Gasteiger partial charge < -0.3 is 5.11 Å². The molecule has 4 heteroatoms. The predicted octanol–water partition coefficient (Wildman–Crippen LogP) is 1.12. The summed E-state index contributed by atoms with van der Waals surface area (Å²) in [5.41, 5.74) is 0.566. The molecule has 0 saturated carbocycles. The Hall–Kier alpha value is -0.540. The van der Waals surface area contributed by atoms with Gasteiger partial charge in [-0.15, -0.1) is 0 Å². The number of aliphatic hydroxyl groups is 1. The Kier molecular flexibility index (Phi) is 1.73. The Morgan fingerprint density at radius 2 is 2.56 bits per heavy atom. The minimum atomic E-state index is -0.569. The highest BCUT2D eigenvalue weighted by Gasteiger charge is 2.06. The number of nitrogens with one attached hydrogen (secondary N) is 1. The zero-order chi connectivity index (χ0) is 6.85. The average molecular weight is 147 g/mol. The molecule has 0 bridgehead atoms. The molecular formula is C5H7ClN2O. The van der Waals surface area contributed by atoms with Gasteiger partial charge in [0.05, 0.1) is 23.0 Å². The summed E-state index contributed by atoms with van der Waals surface area (Å²) >= 11 is 5.58. The van der Waals surface area contributed by atoms with E-state index < -0.39 is 6.10 Å². The molecule has 0 aliphatic carbocycles. The molecule has 0 fully saturated rings. The van der Waals surface area contributed by atoms with Crippen molar-refractivity contribution in [1.82, 2.24) is 10.2 Å². The zero-order valence-corrected chi connectivity index (χ0v) is 5.68. The first-order valence-electron chi connectivity index (χ1n) is 2.58. The van der Waals surface area contributed by atoms with Gasteiger partial charge >= 0.3 is 0 Å². The number of aromatic nitrogens is 2. The topological polar surface area (TPSA) is 48.9 Å². The standard InChI is InChI=1S/C5H7ClN2O/c1-3(9)5-4(6)2-7-8-5/h2-3,9H,1H3,(H,7,8). The van der Waals surface area contributed by atoms with E-state index in [1.165, 1.54) is 6.20 Å². The summed E-state index contributed by atoms with van der Waals surface area (Å²) in [6, 6.07) is 0. The normalized spacial score (nSPS) is 13.7. The number of rotatable bonds is 1. The quantitative estimate of drug-likeness (QED) is 0.624. The van der Waals surface area contributed by atoms with Crippen LogP contribution in [0.25, 0.3) is 0 Å². The zero-order valence-electron chi connectivity index (χ0n) is 4.93. The van der Waals surface area contributed by atoms with Crippen LogP contribution in [0.5, 0.6) is 0 Å². The third-order valence-corrected chi connectivity index (χ3v) is 1.34. The molecule has 1 aromatic rings. The monoisotopic (exact) mass is 146 g/mol. The number of hydrogen-bond donors (Lipinski definition) is 2. The third-order valence-electron chi connectivity index (χ3n) is 1.04. The van der Waals surface area contributed by atoms with Gasteiger partial charge in [-0.2, -0.15) is 5.10 Å². The number of H-pyrrole nitrogens is 1. The van der Waals surface area contributed by atoms with E-state index in [-0.39, 0.29) is 0 Å². The van der Waals surface area contributed by atoms with Gasteiger partial charge in [0.1, 0.15) is 0 Å². The summed E-state index contributed by atoms with van der Waals surface area (Å²) < 4.78 is 0. The second-order valence-corrected chi connectivity index (χ2v) is 2.21. The van der Waals surface area contributed by atoms with E-state index in [4.69, 9.17) is 16.7 Å². The first-order chi connectivity index (χ1) is 4.22. The lowest BCUT2D eigenvalue weighted by atomic mass is 10.3. The molecule has 0 aromatic carbocycles. The Labute approximate surface area is 57.7 Å². The van der Waals surface area contributed by atoms with E-state index >= 15 is 0 Å². The number of nitrogens with zero attached hydrogens (tertiary/aromatic N) is 1. The van der Waals surface area contributed by atoms with E-state index in [1.54, 1.807) is 6.92 Å². The van der Waals surface area contributed by atoms with Gasteiger partial charge in [0.2, 0.25) is 0 Å². The molecule has 1 atom stereocenters. The summed E-state index contributed by atoms with van der Waals surface area (Å²) in [6.45, 7) is 1.62. The summed E-state index contributed by atoms with van der Waals surface area (Å²) in [5, 5.41) is 15.6. The molecule has 1 heterocycles. The number of aliphatic hydroxyl groups excluding tert-OH is 1. The molecule has 1 unspecified atom stereocenters. The molecular weight excluding hydrogens is 140 g/mol. The molecule has 0 radical (unpaired) electrons. The minimum absolute atomic E-state index is 0.477. The smallest absolute Gasteiger partial charge is 0.0941 e. The predicted molar refractivity (Wildman–Crippen MR) is 34.2 cm³/mol. The van der Waals surface area contributed by atoms with Crippen LogP contribution in [0.2, 0.25) is 5.02 Å². The van der Waals surface area contributed by atoms with E-state index in [2.05, 4.69) is 10.2 Å². The average Bonchev–Trinajstić information content (AvgIpc) is 2.13. The van der Waals surface area contributed by atoms with Crippen LogP contribution in [-0.2, 0) is 0 Å². The summed E-state index contributed by atoms with van der Waals surface area (Å²) in [5.74, 6) is 0. The summed E-state index contributed by atoms with van der Waals surface area (Å²) in [7, 11) is 0. The van der Waals surface area contributed by atoms with Crippen molar-refractivity contribution in [2.24, 2.45) is 0 Å². The van der Waals surface area contributed by atoms with Crippen LogP contribution in [0.3, 0.4) is 0 Å². The molecule has 2 N–H and O–H groups in total. The van der Waals surface area contributed by atoms with Crippen molar-refractivity contribution in [2.75, 3.05) is 0 Å². The largest absolute Gasteiger partial charge is 0.387 e. The Morgan fingerprint density at radius 1 is 1.89 bits per heavy atom. The van der Waals surface area contributed by atoms with Gasteiger partial charge in [0.15, 0.2) is 0 Å². The molecule has 50 valence electrons. The van der Waals surface area contributed by atoms with Crippen LogP contribution in [0, 0.1) is 0 Å². The lowest BCUT2D eigenvalue weighted by molar-refractivity contribution is 0.194. The SMILES string of the molecule is CC(O)c1[nH]ncc1Cl. The van der Waals surface area contributed by atoms with Crippen LogP contribution >= 0.6 is 11.6 Å². The van der Waals surface area contributed by atoms with Crippen molar-refractivity contribution >= 4 is 11.6 Å². The molecule has 0 aliphatic rings. The molecule has 0 aliphatic heterocycles. The highest BCUT2D eigenvalue weighted by molar-refractivity contribution is 6.31. The maximum absolute atomic E-state index is 8.94. The van der Waals surface area contributed by atoms with Gasteiger partial charge in [0.25, 0.3) is 0 Å². The van der Waals surface area contributed by atoms with Crippen molar-refractivity contribution in [2.45, 2.75) is 13.0 Å². The van der Waals surface area contributed by atoms with Crippen LogP contribution in [0.4, 0.5) is 0 Å². The Balaban J connectivity index is 2.94. The second kappa shape index (κ2) is 2.37. The van der Waals surface area contributed by atoms with E-state index in [9.17, 15) is 0 Å². The summed E-state index contributed by atoms with van der Waals surface area (Å²) in [4.78, 5) is 0. The molecule has 0 amide bonds. The highest BCUT2D eigenvalue weighted by Crippen LogP contribution is 2.18. The molecule has 3 nitrogen and oxygen atoms in total.